The summed E-state index contributed by atoms with van der Waals surface area (Å²) in [5.41, 5.74) is 0. The molecule has 1 nitrogen and oxygen atoms in total. The molecule has 0 aromatic heterocycles. The van der Waals surface area contributed by atoms with E-state index in [-0.39, 0.29) is 0 Å². The van der Waals surface area contributed by atoms with Gasteiger partial charge in [0.2, 0.25) is 0 Å². The standard InChI is InChI=1S/C24H25OPTe/c1-2-3-17-24(27-23-18-11-6-12-19-23)20-26(25,21-13-7-4-8-14-21)22-15-9-5-10-16-22/h4-16,18-20H,2-3,17H2,1H3/b24-20-. The summed E-state index contributed by atoms with van der Waals surface area (Å²) < 4.78 is 17.1. The molecule has 0 fully saturated rings. The number of benzene rings is 3. The van der Waals surface area contributed by atoms with Gasteiger partial charge in [0.25, 0.3) is 0 Å². The third-order valence-corrected chi connectivity index (χ3v) is 10.8. The molecule has 0 saturated heterocycles. The van der Waals surface area contributed by atoms with E-state index < -0.39 is 28.1 Å². The number of unbranched alkanes of at least 4 members (excludes halogenated alkanes) is 1. The van der Waals surface area contributed by atoms with Gasteiger partial charge in [-0.1, -0.05) is 0 Å². The molecule has 138 valence electrons. The molecule has 0 N–H and O–H groups in total. The van der Waals surface area contributed by atoms with Crippen molar-refractivity contribution < 1.29 is 4.57 Å². The van der Waals surface area contributed by atoms with E-state index >= 15 is 0 Å². The Morgan fingerprint density at radius 3 is 1.78 bits per heavy atom. The zero-order chi connectivity index (χ0) is 19.0. The number of allylic oxidation sites excluding steroid dienone is 1. The van der Waals surface area contributed by atoms with E-state index in [0.29, 0.717) is 0 Å². The summed E-state index contributed by atoms with van der Waals surface area (Å²) >= 11 is -0.524. The van der Waals surface area contributed by atoms with Gasteiger partial charge in [-0.05, 0) is 0 Å². The van der Waals surface area contributed by atoms with Crippen LogP contribution in [0, 0.1) is 0 Å². The Bertz CT molecular complexity index is 861. The first kappa shape index (κ1) is 20.2. The van der Waals surface area contributed by atoms with Crippen LogP contribution in [-0.2, 0) is 4.57 Å². The van der Waals surface area contributed by atoms with Gasteiger partial charge in [-0.15, -0.1) is 0 Å². The Balaban J connectivity index is 2.07. The van der Waals surface area contributed by atoms with Gasteiger partial charge in [0, 0.05) is 0 Å². The third-order valence-electron chi connectivity index (χ3n) is 4.37. The summed E-state index contributed by atoms with van der Waals surface area (Å²) in [6, 6.07) is 30.6. The summed E-state index contributed by atoms with van der Waals surface area (Å²) in [5, 5.41) is 1.84. The van der Waals surface area contributed by atoms with Crippen molar-refractivity contribution in [1.29, 1.82) is 0 Å². The molecule has 0 unspecified atom stereocenters. The molecule has 0 heterocycles. The summed E-state index contributed by atoms with van der Waals surface area (Å²) in [4.78, 5) is 0. The second-order valence-electron chi connectivity index (χ2n) is 6.44. The first-order valence-electron chi connectivity index (χ1n) is 9.38. The molecule has 0 atom stereocenters. The molecule has 0 spiro atoms. The fourth-order valence-corrected chi connectivity index (χ4v) is 9.47. The van der Waals surface area contributed by atoms with Crippen LogP contribution in [0.25, 0.3) is 0 Å². The Kier molecular flexibility index (Phi) is 7.54. The van der Waals surface area contributed by atoms with E-state index in [1.807, 2.05) is 60.7 Å². The second-order valence-corrected chi connectivity index (χ2v) is 12.5. The molecule has 0 aliphatic carbocycles. The van der Waals surface area contributed by atoms with Gasteiger partial charge < -0.3 is 0 Å². The topological polar surface area (TPSA) is 17.1 Å². The van der Waals surface area contributed by atoms with Crippen LogP contribution >= 0.6 is 7.14 Å². The molecule has 0 radical (unpaired) electrons. The van der Waals surface area contributed by atoms with Gasteiger partial charge in [-0.3, -0.25) is 0 Å². The molecule has 3 heteroatoms. The van der Waals surface area contributed by atoms with Crippen molar-refractivity contribution in [3.63, 3.8) is 0 Å². The molecular weight excluding hydrogens is 463 g/mol. The average molecular weight is 488 g/mol. The summed E-state index contributed by atoms with van der Waals surface area (Å²) in [6.07, 6.45) is 3.34. The van der Waals surface area contributed by atoms with Crippen molar-refractivity contribution in [2.75, 3.05) is 0 Å². The summed E-state index contributed by atoms with van der Waals surface area (Å²) in [5.74, 6) is 2.14. The van der Waals surface area contributed by atoms with E-state index in [2.05, 4.69) is 43.1 Å². The zero-order valence-corrected chi connectivity index (χ0v) is 18.8. The van der Waals surface area contributed by atoms with E-state index in [0.717, 1.165) is 29.9 Å². The minimum absolute atomic E-state index is 0.524. The van der Waals surface area contributed by atoms with Crippen molar-refractivity contribution in [3.05, 3.63) is 100 Å². The Labute approximate surface area is 173 Å². The predicted octanol–water partition coefficient (Wildman–Crippen LogP) is 5.06. The fraction of sp³-hybridized carbons (Fsp3) is 0.167. The van der Waals surface area contributed by atoms with Gasteiger partial charge >= 0.3 is 173 Å². The van der Waals surface area contributed by atoms with E-state index in [9.17, 15) is 4.57 Å². The Morgan fingerprint density at radius 1 is 0.815 bits per heavy atom. The Hall–Kier alpha value is -1.58. The molecule has 27 heavy (non-hydrogen) atoms. The molecule has 3 aromatic carbocycles. The van der Waals surface area contributed by atoms with Crippen LogP contribution in [0.5, 0.6) is 0 Å². The number of hydrogen-bond donors (Lipinski definition) is 0. The van der Waals surface area contributed by atoms with Crippen LogP contribution in [0.2, 0.25) is 0 Å². The number of rotatable bonds is 8. The number of hydrogen-bond acceptors (Lipinski definition) is 1. The van der Waals surface area contributed by atoms with Gasteiger partial charge in [-0.2, -0.15) is 0 Å². The van der Waals surface area contributed by atoms with Crippen LogP contribution in [0.3, 0.4) is 0 Å². The normalized spacial score (nSPS) is 12.1. The van der Waals surface area contributed by atoms with Crippen LogP contribution in [0.15, 0.2) is 100 Å². The molecule has 0 aliphatic rings. The Morgan fingerprint density at radius 2 is 1.30 bits per heavy atom. The average Bonchev–Trinajstić information content (AvgIpc) is 2.74. The van der Waals surface area contributed by atoms with Gasteiger partial charge in [0.1, 0.15) is 0 Å². The maximum atomic E-state index is 14.3. The predicted molar refractivity (Wildman–Crippen MR) is 119 cm³/mol. The quantitative estimate of drug-likeness (QED) is 0.320. The van der Waals surface area contributed by atoms with Crippen LogP contribution in [-0.4, -0.2) is 20.9 Å². The fourth-order valence-electron chi connectivity index (χ4n) is 2.93. The minimum atomic E-state index is -2.79. The first-order chi connectivity index (χ1) is 13.2. The van der Waals surface area contributed by atoms with Gasteiger partial charge in [-0.25, -0.2) is 0 Å². The molecular formula is C24H25OPTe. The molecule has 0 aliphatic heterocycles. The van der Waals surface area contributed by atoms with Gasteiger partial charge in [0.05, 0.1) is 0 Å². The van der Waals surface area contributed by atoms with Crippen molar-refractivity contribution in [1.82, 2.24) is 0 Å². The third kappa shape index (κ3) is 5.46. The molecule has 3 rings (SSSR count). The van der Waals surface area contributed by atoms with Crippen molar-refractivity contribution in [2.24, 2.45) is 0 Å². The van der Waals surface area contributed by atoms with Crippen molar-refractivity contribution in [2.45, 2.75) is 26.2 Å². The second kappa shape index (κ2) is 10.1. The van der Waals surface area contributed by atoms with E-state index in [4.69, 9.17) is 0 Å². The summed E-state index contributed by atoms with van der Waals surface area (Å²) in [6.45, 7) is 2.22. The molecule has 0 amide bonds. The molecule has 3 aromatic rings. The van der Waals surface area contributed by atoms with Gasteiger partial charge in [0.15, 0.2) is 0 Å². The van der Waals surface area contributed by atoms with E-state index in [1.54, 1.807) is 0 Å². The van der Waals surface area contributed by atoms with Crippen molar-refractivity contribution >= 4 is 42.3 Å². The maximum absolute atomic E-state index is 14.3. The van der Waals surface area contributed by atoms with E-state index in [1.165, 1.54) is 7.23 Å². The molecule has 0 saturated carbocycles. The first-order valence-corrected chi connectivity index (χ1v) is 13.5. The zero-order valence-electron chi connectivity index (χ0n) is 15.6. The summed E-state index contributed by atoms with van der Waals surface area (Å²) in [7, 11) is -2.79. The van der Waals surface area contributed by atoms with Crippen LogP contribution in [0.1, 0.15) is 26.2 Å². The molecule has 0 bridgehead atoms. The van der Waals surface area contributed by atoms with Crippen LogP contribution in [0.4, 0.5) is 0 Å². The van der Waals surface area contributed by atoms with Crippen molar-refractivity contribution in [3.8, 4) is 0 Å². The van der Waals surface area contributed by atoms with Crippen LogP contribution < -0.4 is 14.2 Å². The SMILES string of the molecule is CCCC/C(=C/P(=O)(c1ccccc1)c1ccccc1)[Te]c1ccccc1. The monoisotopic (exact) mass is 490 g/mol.